The number of benzene rings is 2. The first kappa shape index (κ1) is 17.0. The molecule has 2 aromatic carbocycles. The van der Waals surface area contributed by atoms with Crippen molar-refractivity contribution in [3.8, 4) is 11.4 Å². The fourth-order valence-corrected chi connectivity index (χ4v) is 4.05. The molecule has 0 amide bonds. The Morgan fingerprint density at radius 2 is 2.00 bits per heavy atom. The molecule has 132 valence electrons. The minimum atomic E-state index is -0.359. The first-order valence-corrected chi connectivity index (χ1v) is 9.50. The van der Waals surface area contributed by atoms with E-state index in [0.29, 0.717) is 16.5 Å². The van der Waals surface area contributed by atoms with Crippen molar-refractivity contribution in [2.75, 3.05) is 0 Å². The Balaban J connectivity index is 1.49. The highest BCUT2D eigenvalue weighted by molar-refractivity contribution is 8.00. The fraction of sp³-hybridized carbons (Fsp3) is 0.250. The van der Waals surface area contributed by atoms with E-state index in [2.05, 4.69) is 21.2 Å². The quantitative estimate of drug-likeness (QED) is 0.534. The summed E-state index contributed by atoms with van der Waals surface area (Å²) >= 11 is 1.28. The molecular formula is C20H18FN3OS. The molecule has 1 heterocycles. The van der Waals surface area contributed by atoms with Gasteiger partial charge in [0.1, 0.15) is 5.82 Å². The smallest absolute Gasteiger partial charge is 0.209 e. The van der Waals surface area contributed by atoms with Gasteiger partial charge in [0.2, 0.25) is 5.16 Å². The van der Waals surface area contributed by atoms with Crippen LogP contribution in [-0.2, 0) is 12.8 Å². The molecule has 0 aliphatic heterocycles. The van der Waals surface area contributed by atoms with Crippen molar-refractivity contribution in [2.24, 2.45) is 0 Å². The Hall–Kier alpha value is -2.47. The summed E-state index contributed by atoms with van der Waals surface area (Å²) in [7, 11) is 0. The number of aromatic nitrogens is 3. The number of carbonyl (C=O) groups excluding carboxylic acids is 1. The number of nitrogens with one attached hydrogen (secondary N) is 1. The topological polar surface area (TPSA) is 58.6 Å². The number of halogens is 1. The maximum Gasteiger partial charge on any atom is 0.209 e. The second-order valence-corrected chi connectivity index (χ2v) is 7.72. The molecule has 26 heavy (non-hydrogen) atoms. The third-order valence-corrected chi connectivity index (χ3v) is 5.59. The Morgan fingerprint density at radius 1 is 1.19 bits per heavy atom. The van der Waals surface area contributed by atoms with Crippen LogP contribution < -0.4 is 0 Å². The summed E-state index contributed by atoms with van der Waals surface area (Å²) in [6.45, 7) is 1.85. The SMILES string of the molecule is C[C@H](Sc1n[nH]c(-c2ccccc2F)n1)C(=O)c1ccc2c(c1)CCC2. The summed E-state index contributed by atoms with van der Waals surface area (Å²) in [6, 6.07) is 12.4. The van der Waals surface area contributed by atoms with E-state index < -0.39 is 0 Å². The Kier molecular flexibility index (Phi) is 4.59. The van der Waals surface area contributed by atoms with Crippen molar-refractivity contribution in [3.05, 3.63) is 65.0 Å². The van der Waals surface area contributed by atoms with Crippen LogP contribution in [0, 0.1) is 5.82 Å². The number of thioether (sulfide) groups is 1. The van der Waals surface area contributed by atoms with E-state index in [1.54, 1.807) is 18.2 Å². The second-order valence-electron chi connectivity index (χ2n) is 6.41. The molecule has 0 bridgehead atoms. The number of rotatable bonds is 5. The van der Waals surface area contributed by atoms with Gasteiger partial charge in [-0.25, -0.2) is 9.37 Å². The highest BCUT2D eigenvalue weighted by Gasteiger charge is 2.21. The summed E-state index contributed by atoms with van der Waals surface area (Å²) in [4.78, 5) is 17.1. The van der Waals surface area contributed by atoms with Gasteiger partial charge in [-0.2, -0.15) is 0 Å². The largest absolute Gasteiger partial charge is 0.293 e. The number of carbonyl (C=O) groups is 1. The number of aryl methyl sites for hydroxylation is 2. The number of hydrogen-bond donors (Lipinski definition) is 1. The van der Waals surface area contributed by atoms with Crippen molar-refractivity contribution < 1.29 is 9.18 Å². The number of nitrogens with zero attached hydrogens (tertiary/aromatic N) is 2. The lowest BCUT2D eigenvalue weighted by Crippen LogP contribution is -2.14. The van der Waals surface area contributed by atoms with Gasteiger partial charge in [0.05, 0.1) is 10.8 Å². The normalized spacial score (nSPS) is 14.2. The molecule has 4 nitrogen and oxygen atoms in total. The Morgan fingerprint density at radius 3 is 2.85 bits per heavy atom. The van der Waals surface area contributed by atoms with Gasteiger partial charge >= 0.3 is 0 Å². The number of aromatic amines is 1. The average molecular weight is 367 g/mol. The van der Waals surface area contributed by atoms with Crippen LogP contribution >= 0.6 is 11.8 Å². The summed E-state index contributed by atoms with van der Waals surface area (Å²) in [5.41, 5.74) is 3.73. The van der Waals surface area contributed by atoms with Gasteiger partial charge in [-0.05, 0) is 55.5 Å². The summed E-state index contributed by atoms with van der Waals surface area (Å²) in [5, 5.41) is 6.98. The lowest BCUT2D eigenvalue weighted by molar-refractivity contribution is 0.0994. The van der Waals surface area contributed by atoms with Gasteiger partial charge in [0.25, 0.3) is 0 Å². The van der Waals surface area contributed by atoms with Gasteiger partial charge in [-0.1, -0.05) is 36.0 Å². The van der Waals surface area contributed by atoms with Crippen LogP contribution in [0.2, 0.25) is 0 Å². The zero-order valence-corrected chi connectivity index (χ0v) is 15.1. The molecule has 1 aliphatic carbocycles. The van der Waals surface area contributed by atoms with E-state index in [9.17, 15) is 9.18 Å². The minimum Gasteiger partial charge on any atom is -0.293 e. The van der Waals surface area contributed by atoms with Gasteiger partial charge in [-0.15, -0.1) is 5.10 Å². The van der Waals surface area contributed by atoms with Crippen molar-refractivity contribution in [2.45, 2.75) is 36.6 Å². The lowest BCUT2D eigenvalue weighted by atomic mass is 10.0. The molecule has 4 rings (SSSR count). The number of hydrogen-bond acceptors (Lipinski definition) is 4. The first-order valence-electron chi connectivity index (χ1n) is 8.62. The molecule has 0 saturated carbocycles. The maximum absolute atomic E-state index is 13.9. The number of ketones is 1. The van der Waals surface area contributed by atoms with E-state index in [0.717, 1.165) is 24.8 Å². The predicted octanol–water partition coefficient (Wildman–Crippen LogP) is 4.46. The minimum absolute atomic E-state index is 0.0574. The van der Waals surface area contributed by atoms with Crippen molar-refractivity contribution in [1.29, 1.82) is 0 Å². The van der Waals surface area contributed by atoms with Crippen LogP contribution in [0.4, 0.5) is 4.39 Å². The molecule has 1 atom stereocenters. The van der Waals surface area contributed by atoms with E-state index in [1.165, 1.54) is 29.0 Å². The van der Waals surface area contributed by atoms with Gasteiger partial charge in [0.15, 0.2) is 11.6 Å². The van der Waals surface area contributed by atoms with Crippen molar-refractivity contribution in [1.82, 2.24) is 15.2 Å². The molecule has 0 fully saturated rings. The molecule has 0 spiro atoms. The van der Waals surface area contributed by atoms with Crippen molar-refractivity contribution in [3.63, 3.8) is 0 Å². The molecular weight excluding hydrogens is 349 g/mol. The molecule has 0 unspecified atom stereocenters. The molecule has 3 aromatic rings. The number of Topliss-reactive ketones (excluding diaryl/α,β-unsaturated/α-hetero) is 1. The number of H-pyrrole nitrogens is 1. The van der Waals surface area contributed by atoms with Crippen LogP contribution in [0.3, 0.4) is 0 Å². The summed E-state index contributed by atoms with van der Waals surface area (Å²) in [6.07, 6.45) is 3.31. The zero-order valence-electron chi connectivity index (χ0n) is 14.3. The van der Waals surface area contributed by atoms with Crippen LogP contribution in [0.25, 0.3) is 11.4 Å². The van der Waals surface area contributed by atoms with Crippen LogP contribution in [0.1, 0.15) is 34.8 Å². The molecule has 0 saturated heterocycles. The van der Waals surface area contributed by atoms with Crippen LogP contribution in [0.15, 0.2) is 47.6 Å². The van der Waals surface area contributed by atoms with Gasteiger partial charge in [-0.3, -0.25) is 9.89 Å². The van der Waals surface area contributed by atoms with Gasteiger partial charge < -0.3 is 0 Å². The second kappa shape index (κ2) is 7.03. The molecule has 1 aromatic heterocycles. The highest BCUT2D eigenvalue weighted by Crippen LogP contribution is 2.28. The Labute approximate surface area is 155 Å². The van der Waals surface area contributed by atoms with Crippen LogP contribution in [-0.4, -0.2) is 26.2 Å². The van der Waals surface area contributed by atoms with Crippen LogP contribution in [0.5, 0.6) is 0 Å². The predicted molar refractivity (Wildman–Crippen MR) is 99.9 cm³/mol. The molecule has 1 N–H and O–H groups in total. The molecule has 1 aliphatic rings. The third-order valence-electron chi connectivity index (χ3n) is 4.63. The fourth-order valence-electron chi connectivity index (χ4n) is 3.24. The van der Waals surface area contributed by atoms with E-state index in [4.69, 9.17) is 0 Å². The monoisotopic (exact) mass is 367 g/mol. The van der Waals surface area contributed by atoms with E-state index in [1.807, 2.05) is 19.1 Å². The molecule has 0 radical (unpaired) electrons. The molecule has 6 heteroatoms. The van der Waals surface area contributed by atoms with E-state index in [-0.39, 0.29) is 16.9 Å². The number of fused-ring (bicyclic) bond motifs is 1. The highest BCUT2D eigenvalue weighted by atomic mass is 32.2. The zero-order chi connectivity index (χ0) is 18.1. The summed E-state index contributed by atoms with van der Waals surface area (Å²) in [5.74, 6) is 0.0622. The maximum atomic E-state index is 13.9. The lowest BCUT2D eigenvalue weighted by Gasteiger charge is -2.09. The summed E-state index contributed by atoms with van der Waals surface area (Å²) < 4.78 is 13.9. The standard InChI is InChI=1S/C20H18FN3OS/c1-12(18(25)15-10-9-13-5-4-6-14(13)11-15)26-20-22-19(23-24-20)16-7-2-3-8-17(16)21/h2-3,7-12H,4-6H2,1H3,(H,22,23,24)/t12-/m0/s1. The van der Waals surface area contributed by atoms with Gasteiger partial charge in [0, 0.05) is 5.56 Å². The average Bonchev–Trinajstić information content (AvgIpc) is 3.30. The Bertz CT molecular complexity index is 969. The van der Waals surface area contributed by atoms with E-state index >= 15 is 0 Å². The first-order chi connectivity index (χ1) is 12.6. The van der Waals surface area contributed by atoms with Crippen molar-refractivity contribution >= 4 is 17.5 Å². The third kappa shape index (κ3) is 3.29.